The summed E-state index contributed by atoms with van der Waals surface area (Å²) in [5, 5.41) is 0. The van der Waals surface area contributed by atoms with Crippen LogP contribution in [0.4, 0.5) is 0 Å². The molecule has 1 aromatic rings. The molecule has 1 heterocycles. The average molecular weight is 325 g/mol. The third kappa shape index (κ3) is 3.15. The van der Waals surface area contributed by atoms with E-state index in [-0.39, 0.29) is 6.04 Å². The first-order valence-corrected chi connectivity index (χ1v) is 9.59. The summed E-state index contributed by atoms with van der Waals surface area (Å²) in [5.74, 6) is 0.454. The SMILES string of the molecule is CCc1cc(S(=O)(=O)N2CCCCC2CC)c(OC)cc1C. The minimum absolute atomic E-state index is 0.106. The van der Waals surface area contributed by atoms with Gasteiger partial charge < -0.3 is 4.74 Å². The van der Waals surface area contributed by atoms with E-state index in [1.54, 1.807) is 10.4 Å². The lowest BCUT2D eigenvalue weighted by molar-refractivity contribution is 0.246. The van der Waals surface area contributed by atoms with E-state index in [1.165, 1.54) is 7.11 Å². The molecule has 1 unspecified atom stereocenters. The molecule has 2 rings (SSSR count). The van der Waals surface area contributed by atoms with Crippen LogP contribution in [0.25, 0.3) is 0 Å². The molecule has 4 nitrogen and oxygen atoms in total. The molecular formula is C17H27NO3S. The van der Waals surface area contributed by atoms with Crippen molar-refractivity contribution in [3.63, 3.8) is 0 Å². The number of ether oxygens (including phenoxy) is 1. The smallest absolute Gasteiger partial charge is 0.247 e. The second kappa shape index (κ2) is 7.01. The topological polar surface area (TPSA) is 46.6 Å². The van der Waals surface area contributed by atoms with E-state index in [2.05, 4.69) is 6.92 Å². The highest BCUT2D eigenvalue weighted by atomic mass is 32.2. The molecule has 0 N–H and O–H groups in total. The molecule has 0 aliphatic carbocycles. The summed E-state index contributed by atoms with van der Waals surface area (Å²) in [6, 6.07) is 3.75. The number of nitrogens with zero attached hydrogens (tertiary/aromatic N) is 1. The van der Waals surface area contributed by atoms with Crippen LogP contribution in [0.15, 0.2) is 17.0 Å². The van der Waals surface area contributed by atoms with Crippen molar-refractivity contribution in [2.45, 2.75) is 63.8 Å². The highest BCUT2D eigenvalue weighted by Gasteiger charge is 2.34. The lowest BCUT2D eigenvalue weighted by atomic mass is 10.0. The van der Waals surface area contributed by atoms with Gasteiger partial charge in [0.25, 0.3) is 0 Å². The van der Waals surface area contributed by atoms with Crippen molar-refractivity contribution in [3.8, 4) is 5.75 Å². The summed E-state index contributed by atoms with van der Waals surface area (Å²) in [6.45, 7) is 6.70. The van der Waals surface area contributed by atoms with Gasteiger partial charge in [-0.25, -0.2) is 8.42 Å². The number of benzene rings is 1. The van der Waals surface area contributed by atoms with Gasteiger partial charge in [0.1, 0.15) is 10.6 Å². The highest BCUT2D eigenvalue weighted by molar-refractivity contribution is 7.89. The molecule has 1 atom stereocenters. The zero-order chi connectivity index (χ0) is 16.3. The van der Waals surface area contributed by atoms with Crippen LogP contribution < -0.4 is 4.74 Å². The Morgan fingerprint density at radius 2 is 2.00 bits per heavy atom. The van der Waals surface area contributed by atoms with Crippen molar-refractivity contribution in [2.24, 2.45) is 0 Å². The predicted octanol–water partition coefficient (Wildman–Crippen LogP) is 3.52. The standard InChI is InChI=1S/C17H27NO3S/c1-5-14-12-17(16(21-4)11-13(14)3)22(19,20)18-10-8-7-9-15(18)6-2/h11-12,15H,5-10H2,1-4H3. The molecule has 1 aliphatic heterocycles. The summed E-state index contributed by atoms with van der Waals surface area (Å²) >= 11 is 0. The minimum atomic E-state index is -3.51. The maximum atomic E-state index is 13.2. The van der Waals surface area contributed by atoms with Crippen molar-refractivity contribution in [1.29, 1.82) is 0 Å². The van der Waals surface area contributed by atoms with Crippen LogP contribution in [-0.4, -0.2) is 32.4 Å². The maximum absolute atomic E-state index is 13.2. The summed E-state index contributed by atoms with van der Waals surface area (Å²) < 4.78 is 33.4. The molecular weight excluding hydrogens is 298 g/mol. The van der Waals surface area contributed by atoms with Gasteiger partial charge in [0.05, 0.1) is 7.11 Å². The van der Waals surface area contributed by atoms with E-state index in [1.807, 2.05) is 19.9 Å². The minimum Gasteiger partial charge on any atom is -0.495 e. The molecule has 0 saturated carbocycles. The van der Waals surface area contributed by atoms with Crippen LogP contribution in [0.5, 0.6) is 5.75 Å². The zero-order valence-electron chi connectivity index (χ0n) is 14.1. The van der Waals surface area contributed by atoms with Crippen LogP contribution in [0.2, 0.25) is 0 Å². The largest absolute Gasteiger partial charge is 0.495 e. The Balaban J connectivity index is 2.52. The second-order valence-corrected chi connectivity index (χ2v) is 7.82. The van der Waals surface area contributed by atoms with Gasteiger partial charge in [-0.2, -0.15) is 4.31 Å². The summed E-state index contributed by atoms with van der Waals surface area (Å²) in [5.41, 5.74) is 2.13. The number of aryl methyl sites for hydroxylation is 2. The fourth-order valence-corrected chi connectivity index (χ4v) is 5.23. The van der Waals surface area contributed by atoms with Crippen LogP contribution >= 0.6 is 0 Å². The van der Waals surface area contributed by atoms with Gasteiger partial charge in [0.2, 0.25) is 10.0 Å². The fraction of sp³-hybridized carbons (Fsp3) is 0.647. The lowest BCUT2D eigenvalue weighted by Gasteiger charge is -2.34. The van der Waals surface area contributed by atoms with Crippen LogP contribution in [-0.2, 0) is 16.4 Å². The molecule has 0 amide bonds. The Kier molecular flexibility index (Phi) is 5.50. The maximum Gasteiger partial charge on any atom is 0.247 e. The first kappa shape index (κ1) is 17.3. The molecule has 1 aromatic carbocycles. The third-order valence-electron chi connectivity index (χ3n) is 4.63. The monoisotopic (exact) mass is 325 g/mol. The Labute approximate surface area is 134 Å². The summed E-state index contributed by atoms with van der Waals surface area (Å²) in [6.07, 6.45) is 4.66. The Bertz CT molecular complexity index is 625. The van der Waals surface area contributed by atoms with Crippen molar-refractivity contribution in [2.75, 3.05) is 13.7 Å². The summed E-state index contributed by atoms with van der Waals surface area (Å²) in [4.78, 5) is 0.317. The molecule has 124 valence electrons. The molecule has 1 fully saturated rings. The number of hydrogen-bond acceptors (Lipinski definition) is 3. The molecule has 0 spiro atoms. The number of methoxy groups -OCH3 is 1. The van der Waals surface area contributed by atoms with E-state index >= 15 is 0 Å². The predicted molar refractivity (Wildman–Crippen MR) is 88.9 cm³/mol. The Morgan fingerprint density at radius 3 is 2.59 bits per heavy atom. The molecule has 0 bridgehead atoms. The molecule has 1 saturated heterocycles. The first-order chi connectivity index (χ1) is 10.5. The molecule has 0 aromatic heterocycles. The molecule has 22 heavy (non-hydrogen) atoms. The van der Waals surface area contributed by atoms with Crippen LogP contribution in [0.3, 0.4) is 0 Å². The normalized spacial score (nSPS) is 20.1. The zero-order valence-corrected chi connectivity index (χ0v) is 14.9. The van der Waals surface area contributed by atoms with Gasteiger partial charge in [-0.3, -0.25) is 0 Å². The molecule has 1 aliphatic rings. The fourth-order valence-electron chi connectivity index (χ4n) is 3.27. The Hall–Kier alpha value is -1.07. The number of rotatable bonds is 5. The van der Waals surface area contributed by atoms with Crippen molar-refractivity contribution in [3.05, 3.63) is 23.3 Å². The number of hydrogen-bond donors (Lipinski definition) is 0. The average Bonchev–Trinajstić information content (AvgIpc) is 2.54. The van der Waals surface area contributed by atoms with Crippen molar-refractivity contribution < 1.29 is 13.2 Å². The van der Waals surface area contributed by atoms with Gasteiger partial charge >= 0.3 is 0 Å². The number of sulfonamides is 1. The molecule has 5 heteroatoms. The van der Waals surface area contributed by atoms with Gasteiger partial charge in [0, 0.05) is 12.6 Å². The van der Waals surface area contributed by atoms with Crippen molar-refractivity contribution >= 4 is 10.0 Å². The van der Waals surface area contributed by atoms with E-state index in [0.29, 0.717) is 17.2 Å². The van der Waals surface area contributed by atoms with E-state index < -0.39 is 10.0 Å². The van der Waals surface area contributed by atoms with Gasteiger partial charge in [-0.15, -0.1) is 0 Å². The molecule has 0 radical (unpaired) electrons. The van der Waals surface area contributed by atoms with Crippen molar-refractivity contribution in [1.82, 2.24) is 4.31 Å². The number of piperidine rings is 1. The van der Waals surface area contributed by atoms with Gasteiger partial charge in [0.15, 0.2) is 0 Å². The second-order valence-electron chi connectivity index (χ2n) is 5.96. The van der Waals surface area contributed by atoms with E-state index in [4.69, 9.17) is 4.74 Å². The van der Waals surface area contributed by atoms with Crippen LogP contribution in [0.1, 0.15) is 50.7 Å². The third-order valence-corrected chi connectivity index (χ3v) is 6.61. The Morgan fingerprint density at radius 1 is 1.27 bits per heavy atom. The highest BCUT2D eigenvalue weighted by Crippen LogP contribution is 2.33. The van der Waals surface area contributed by atoms with E-state index in [0.717, 1.165) is 43.2 Å². The van der Waals surface area contributed by atoms with Gasteiger partial charge in [-0.05, 0) is 55.9 Å². The van der Waals surface area contributed by atoms with E-state index in [9.17, 15) is 8.42 Å². The van der Waals surface area contributed by atoms with Crippen LogP contribution in [0, 0.1) is 6.92 Å². The summed E-state index contributed by atoms with van der Waals surface area (Å²) in [7, 11) is -1.97. The quantitative estimate of drug-likeness (QED) is 0.832. The first-order valence-electron chi connectivity index (χ1n) is 8.15. The van der Waals surface area contributed by atoms with Gasteiger partial charge in [-0.1, -0.05) is 20.3 Å². The lowest BCUT2D eigenvalue weighted by Crippen LogP contribution is -2.43.